The summed E-state index contributed by atoms with van der Waals surface area (Å²) in [6.45, 7) is 0. The Morgan fingerprint density at radius 3 is 2.30 bits per heavy atom. The number of ether oxygens (including phenoxy) is 3. The van der Waals surface area contributed by atoms with Gasteiger partial charge in [0.2, 0.25) is 0 Å². The van der Waals surface area contributed by atoms with Crippen LogP contribution in [0.4, 0.5) is 5.69 Å². The molecule has 0 fully saturated rings. The molecule has 0 aliphatic carbocycles. The molecule has 1 N–H and O–H groups in total. The molecular formula is C24H22N2O4. The highest BCUT2D eigenvalue weighted by Gasteiger charge is 2.08. The van der Waals surface area contributed by atoms with Crippen LogP contribution in [-0.2, 0) is 4.79 Å². The first kappa shape index (κ1) is 20.7. The first-order valence-electron chi connectivity index (χ1n) is 9.24. The maximum Gasteiger partial charge on any atom is 0.336 e. The van der Waals surface area contributed by atoms with Crippen molar-refractivity contribution in [3.8, 4) is 17.2 Å². The van der Waals surface area contributed by atoms with Crippen molar-refractivity contribution in [3.63, 3.8) is 0 Å². The number of esters is 1. The molecule has 3 aromatic carbocycles. The summed E-state index contributed by atoms with van der Waals surface area (Å²) in [4.78, 5) is 12.2. The first-order valence-corrected chi connectivity index (χ1v) is 9.24. The summed E-state index contributed by atoms with van der Waals surface area (Å²) in [6, 6.07) is 22.2. The second-order valence-electron chi connectivity index (χ2n) is 6.17. The molecule has 30 heavy (non-hydrogen) atoms. The summed E-state index contributed by atoms with van der Waals surface area (Å²) >= 11 is 0. The normalized spacial score (nSPS) is 10.9. The Morgan fingerprint density at radius 2 is 1.60 bits per heavy atom. The van der Waals surface area contributed by atoms with Gasteiger partial charge in [-0.1, -0.05) is 30.3 Å². The third-order valence-corrected chi connectivity index (χ3v) is 4.11. The number of nitrogens with zero attached hydrogens (tertiary/aromatic N) is 1. The fraction of sp³-hybridized carbons (Fsp3) is 0.0833. The SMILES string of the molecule is COc1ccc(/C=C/C(=O)Oc2ccc(C=NNc3ccccc3)cc2OC)cc1. The summed E-state index contributed by atoms with van der Waals surface area (Å²) in [6.07, 6.45) is 4.69. The Hall–Kier alpha value is -4.06. The van der Waals surface area contributed by atoms with E-state index in [1.807, 2.05) is 54.6 Å². The summed E-state index contributed by atoms with van der Waals surface area (Å²) in [5, 5.41) is 4.19. The summed E-state index contributed by atoms with van der Waals surface area (Å²) in [5.74, 6) is 1.01. The smallest absolute Gasteiger partial charge is 0.336 e. The van der Waals surface area contributed by atoms with Crippen molar-refractivity contribution in [3.05, 3.63) is 90.0 Å². The molecule has 0 radical (unpaired) electrons. The molecule has 0 amide bonds. The standard InChI is InChI=1S/C24H22N2O4/c1-28-21-12-8-18(9-13-21)11-15-24(27)30-22-14-10-19(16-23(22)29-2)17-25-26-20-6-4-3-5-7-20/h3-17,26H,1-2H3/b15-11+,25-17?. The van der Waals surface area contributed by atoms with Gasteiger partial charge < -0.3 is 14.2 Å². The molecule has 0 aromatic heterocycles. The minimum Gasteiger partial charge on any atom is -0.497 e. The zero-order chi connectivity index (χ0) is 21.2. The van der Waals surface area contributed by atoms with Crippen LogP contribution >= 0.6 is 0 Å². The van der Waals surface area contributed by atoms with E-state index in [9.17, 15) is 4.79 Å². The second-order valence-corrected chi connectivity index (χ2v) is 6.17. The highest BCUT2D eigenvalue weighted by Crippen LogP contribution is 2.28. The number of rotatable bonds is 8. The van der Waals surface area contributed by atoms with E-state index in [0.717, 1.165) is 22.6 Å². The van der Waals surface area contributed by atoms with E-state index in [2.05, 4.69) is 10.5 Å². The molecule has 6 heteroatoms. The Bertz CT molecular complexity index is 1030. The monoisotopic (exact) mass is 402 g/mol. The van der Waals surface area contributed by atoms with E-state index in [4.69, 9.17) is 14.2 Å². The van der Waals surface area contributed by atoms with Crippen LogP contribution in [0.1, 0.15) is 11.1 Å². The molecular weight excluding hydrogens is 380 g/mol. The summed E-state index contributed by atoms with van der Waals surface area (Å²) in [7, 11) is 3.12. The molecule has 0 unspecified atom stereocenters. The Morgan fingerprint density at radius 1 is 0.867 bits per heavy atom. The van der Waals surface area contributed by atoms with Crippen LogP contribution in [0.5, 0.6) is 17.2 Å². The quantitative estimate of drug-likeness (QED) is 0.193. The predicted octanol–water partition coefficient (Wildman–Crippen LogP) is 4.77. The molecule has 6 nitrogen and oxygen atoms in total. The lowest BCUT2D eigenvalue weighted by molar-refractivity contribution is -0.129. The van der Waals surface area contributed by atoms with Gasteiger partial charge in [-0.25, -0.2) is 4.79 Å². The number of nitrogens with one attached hydrogen (secondary N) is 1. The zero-order valence-corrected chi connectivity index (χ0v) is 16.7. The lowest BCUT2D eigenvalue weighted by Crippen LogP contribution is -2.05. The average Bonchev–Trinajstić information content (AvgIpc) is 2.79. The molecule has 3 rings (SSSR count). The van der Waals surface area contributed by atoms with Gasteiger partial charge in [0.15, 0.2) is 11.5 Å². The molecule has 0 aliphatic heterocycles. The van der Waals surface area contributed by atoms with Gasteiger partial charge in [-0.2, -0.15) is 5.10 Å². The van der Waals surface area contributed by atoms with Crippen molar-refractivity contribution in [1.82, 2.24) is 0 Å². The average molecular weight is 402 g/mol. The number of hydrazone groups is 1. The molecule has 0 heterocycles. The zero-order valence-electron chi connectivity index (χ0n) is 16.7. The van der Waals surface area contributed by atoms with Gasteiger partial charge in [-0.15, -0.1) is 0 Å². The molecule has 0 spiro atoms. The van der Waals surface area contributed by atoms with Crippen molar-refractivity contribution in [2.24, 2.45) is 5.10 Å². The van der Waals surface area contributed by atoms with Crippen LogP contribution in [0, 0.1) is 0 Å². The third-order valence-electron chi connectivity index (χ3n) is 4.11. The van der Waals surface area contributed by atoms with Gasteiger partial charge in [-0.3, -0.25) is 5.43 Å². The highest BCUT2D eigenvalue weighted by molar-refractivity contribution is 5.89. The van der Waals surface area contributed by atoms with Gasteiger partial charge in [-0.05, 0) is 59.7 Å². The second kappa shape index (κ2) is 10.5. The minimum absolute atomic E-state index is 0.329. The van der Waals surface area contributed by atoms with Crippen molar-refractivity contribution in [1.29, 1.82) is 0 Å². The van der Waals surface area contributed by atoms with E-state index < -0.39 is 5.97 Å². The number of hydrogen-bond acceptors (Lipinski definition) is 6. The highest BCUT2D eigenvalue weighted by atomic mass is 16.6. The van der Waals surface area contributed by atoms with E-state index >= 15 is 0 Å². The number of carbonyl (C=O) groups is 1. The maximum atomic E-state index is 12.2. The number of anilines is 1. The molecule has 0 atom stereocenters. The molecule has 0 saturated carbocycles. The van der Waals surface area contributed by atoms with Gasteiger partial charge in [0.1, 0.15) is 5.75 Å². The van der Waals surface area contributed by atoms with E-state index in [1.54, 1.807) is 37.6 Å². The predicted molar refractivity (Wildman–Crippen MR) is 118 cm³/mol. The molecule has 0 bridgehead atoms. The Balaban J connectivity index is 1.62. The van der Waals surface area contributed by atoms with Crippen LogP contribution in [0.3, 0.4) is 0 Å². The fourth-order valence-electron chi connectivity index (χ4n) is 2.56. The number of para-hydroxylation sites is 1. The van der Waals surface area contributed by atoms with Crippen molar-refractivity contribution >= 4 is 23.9 Å². The molecule has 3 aromatic rings. The first-order chi connectivity index (χ1) is 14.7. The van der Waals surface area contributed by atoms with Crippen molar-refractivity contribution in [2.45, 2.75) is 0 Å². The van der Waals surface area contributed by atoms with E-state index in [1.165, 1.54) is 13.2 Å². The van der Waals surface area contributed by atoms with E-state index in [0.29, 0.717) is 11.5 Å². The number of benzene rings is 3. The van der Waals surface area contributed by atoms with Crippen LogP contribution in [0.2, 0.25) is 0 Å². The summed E-state index contributed by atoms with van der Waals surface area (Å²) < 4.78 is 15.9. The number of methoxy groups -OCH3 is 2. The molecule has 0 saturated heterocycles. The van der Waals surface area contributed by atoms with Crippen LogP contribution in [-0.4, -0.2) is 26.4 Å². The van der Waals surface area contributed by atoms with Crippen molar-refractivity contribution in [2.75, 3.05) is 19.6 Å². The summed E-state index contributed by atoms with van der Waals surface area (Å²) in [5.41, 5.74) is 5.48. The van der Waals surface area contributed by atoms with Gasteiger partial charge >= 0.3 is 5.97 Å². The molecule has 0 aliphatic rings. The largest absolute Gasteiger partial charge is 0.497 e. The fourth-order valence-corrected chi connectivity index (χ4v) is 2.56. The van der Waals surface area contributed by atoms with Gasteiger partial charge in [0, 0.05) is 6.08 Å². The third kappa shape index (κ3) is 5.97. The maximum absolute atomic E-state index is 12.2. The Labute approximate surface area is 175 Å². The van der Waals surface area contributed by atoms with Crippen LogP contribution in [0.25, 0.3) is 6.08 Å². The number of carbonyl (C=O) groups excluding carboxylic acids is 1. The van der Waals surface area contributed by atoms with E-state index in [-0.39, 0.29) is 0 Å². The minimum atomic E-state index is -0.503. The number of hydrogen-bond donors (Lipinski definition) is 1. The van der Waals surface area contributed by atoms with Gasteiger partial charge in [0.25, 0.3) is 0 Å². The van der Waals surface area contributed by atoms with Gasteiger partial charge in [0.05, 0.1) is 26.1 Å². The van der Waals surface area contributed by atoms with Crippen LogP contribution in [0.15, 0.2) is 84.0 Å². The van der Waals surface area contributed by atoms with Crippen LogP contribution < -0.4 is 19.6 Å². The molecule has 152 valence electrons. The lowest BCUT2D eigenvalue weighted by Gasteiger charge is -2.08. The lowest BCUT2D eigenvalue weighted by atomic mass is 10.2. The topological polar surface area (TPSA) is 69.2 Å². The van der Waals surface area contributed by atoms with Crippen molar-refractivity contribution < 1.29 is 19.0 Å². The Kier molecular flexibility index (Phi) is 7.22.